The summed E-state index contributed by atoms with van der Waals surface area (Å²) in [6.07, 6.45) is 3.86. The van der Waals surface area contributed by atoms with Crippen molar-refractivity contribution in [2.75, 3.05) is 12.4 Å². The Morgan fingerprint density at radius 2 is 1.91 bits per heavy atom. The van der Waals surface area contributed by atoms with Crippen LogP contribution in [0.1, 0.15) is 5.56 Å². The van der Waals surface area contributed by atoms with Crippen LogP contribution in [0.2, 0.25) is 0 Å². The van der Waals surface area contributed by atoms with Crippen LogP contribution < -0.4 is 10.1 Å². The largest absolute Gasteiger partial charge is 0.497 e. The van der Waals surface area contributed by atoms with Gasteiger partial charge < -0.3 is 10.1 Å². The normalized spacial score (nSPS) is 10.3. The third kappa shape index (κ3) is 3.96. The number of ether oxygens (including phenoxy) is 1. The first-order chi connectivity index (χ1) is 11.2. The molecule has 3 rings (SSSR count). The van der Waals surface area contributed by atoms with Crippen LogP contribution in [0.15, 0.2) is 60.2 Å². The highest BCUT2D eigenvalue weighted by Gasteiger charge is 2.07. The second-order valence-electron chi connectivity index (χ2n) is 5.01. The van der Waals surface area contributed by atoms with Crippen LogP contribution in [0.3, 0.4) is 0 Å². The number of benzene rings is 1. The first kappa shape index (κ1) is 15.2. The van der Waals surface area contributed by atoms with Gasteiger partial charge >= 0.3 is 0 Å². The molecule has 0 aliphatic heterocycles. The number of thiophene rings is 1. The van der Waals surface area contributed by atoms with Crippen molar-refractivity contribution in [2.24, 2.45) is 0 Å². The van der Waals surface area contributed by atoms with Crippen LogP contribution in [0, 0.1) is 0 Å². The third-order valence-corrected chi connectivity index (χ3v) is 4.35. The summed E-state index contributed by atoms with van der Waals surface area (Å²) in [6, 6.07) is 13.4. The van der Waals surface area contributed by atoms with E-state index in [1.165, 1.54) is 0 Å². The topological polar surface area (TPSA) is 51.2 Å². The Hall–Kier alpha value is -2.66. The summed E-state index contributed by atoms with van der Waals surface area (Å²) >= 11 is 1.60. The zero-order valence-corrected chi connectivity index (χ0v) is 13.5. The fourth-order valence-electron chi connectivity index (χ4n) is 2.20. The number of aromatic nitrogens is 1. The summed E-state index contributed by atoms with van der Waals surface area (Å²) in [5.41, 5.74) is 2.87. The van der Waals surface area contributed by atoms with E-state index in [0.29, 0.717) is 6.42 Å². The first-order valence-corrected chi connectivity index (χ1v) is 8.04. The molecule has 2 aromatic heterocycles. The minimum absolute atomic E-state index is 0.0331. The molecule has 1 aromatic carbocycles. The van der Waals surface area contributed by atoms with Gasteiger partial charge in [0.25, 0.3) is 0 Å². The lowest BCUT2D eigenvalue weighted by atomic mass is 10.1. The summed E-state index contributed by atoms with van der Waals surface area (Å²) in [5, 5.41) is 4.88. The molecule has 0 aliphatic rings. The number of pyridine rings is 1. The van der Waals surface area contributed by atoms with E-state index >= 15 is 0 Å². The van der Waals surface area contributed by atoms with Crippen LogP contribution in [-0.2, 0) is 11.2 Å². The molecule has 1 N–H and O–H groups in total. The zero-order valence-electron chi connectivity index (χ0n) is 12.7. The Morgan fingerprint density at radius 3 is 2.61 bits per heavy atom. The van der Waals surface area contributed by atoms with Crippen molar-refractivity contribution in [3.8, 4) is 16.2 Å². The molecule has 0 atom stereocenters. The Morgan fingerprint density at radius 1 is 1.17 bits per heavy atom. The number of amides is 1. The second kappa shape index (κ2) is 7.07. The highest BCUT2D eigenvalue weighted by molar-refractivity contribution is 7.14. The highest BCUT2D eigenvalue weighted by Crippen LogP contribution is 2.29. The predicted octanol–water partition coefficient (Wildman–Crippen LogP) is 4.00. The van der Waals surface area contributed by atoms with E-state index in [1.807, 2.05) is 47.8 Å². The molecule has 0 fully saturated rings. The first-order valence-electron chi connectivity index (χ1n) is 7.16. The number of rotatable bonds is 5. The summed E-state index contributed by atoms with van der Waals surface area (Å²) in [7, 11) is 1.62. The summed E-state index contributed by atoms with van der Waals surface area (Å²) in [5.74, 6) is 0.753. The van der Waals surface area contributed by atoms with Crippen LogP contribution in [0.5, 0.6) is 5.75 Å². The number of nitrogens with one attached hydrogen (secondary N) is 1. The molecule has 3 aromatic rings. The fourth-order valence-corrected chi connectivity index (χ4v) is 3.05. The molecule has 0 bridgehead atoms. The van der Waals surface area contributed by atoms with Gasteiger partial charge in [0.15, 0.2) is 0 Å². The van der Waals surface area contributed by atoms with E-state index in [9.17, 15) is 4.79 Å². The van der Waals surface area contributed by atoms with E-state index in [4.69, 9.17) is 4.74 Å². The van der Waals surface area contributed by atoms with Crippen LogP contribution >= 0.6 is 11.3 Å². The lowest BCUT2D eigenvalue weighted by molar-refractivity contribution is -0.115. The van der Waals surface area contributed by atoms with Crippen molar-refractivity contribution in [2.45, 2.75) is 6.42 Å². The van der Waals surface area contributed by atoms with Gasteiger partial charge in [-0.15, -0.1) is 11.3 Å². The average molecular weight is 324 g/mol. The molecule has 23 heavy (non-hydrogen) atoms. The monoisotopic (exact) mass is 324 g/mol. The predicted molar refractivity (Wildman–Crippen MR) is 92.9 cm³/mol. The van der Waals surface area contributed by atoms with Crippen molar-refractivity contribution in [3.63, 3.8) is 0 Å². The lowest BCUT2D eigenvalue weighted by Gasteiger charge is -2.04. The molecule has 5 heteroatoms. The van der Waals surface area contributed by atoms with Gasteiger partial charge in [-0.05, 0) is 41.5 Å². The van der Waals surface area contributed by atoms with Gasteiger partial charge in [0.1, 0.15) is 5.75 Å². The van der Waals surface area contributed by atoms with E-state index < -0.39 is 0 Å². The van der Waals surface area contributed by atoms with Gasteiger partial charge in [-0.25, -0.2) is 0 Å². The lowest BCUT2D eigenvalue weighted by Crippen LogP contribution is -2.13. The molecule has 1 amide bonds. The van der Waals surface area contributed by atoms with Crippen LogP contribution in [-0.4, -0.2) is 18.0 Å². The molecule has 0 aliphatic carbocycles. The van der Waals surface area contributed by atoms with Gasteiger partial charge in [-0.2, -0.15) is 0 Å². The summed E-state index contributed by atoms with van der Waals surface area (Å²) in [6.45, 7) is 0. The Labute approximate surface area is 138 Å². The van der Waals surface area contributed by atoms with Crippen molar-refractivity contribution < 1.29 is 9.53 Å². The molecule has 0 spiro atoms. The molecule has 4 nitrogen and oxygen atoms in total. The molecular formula is C18H16N2O2S. The van der Waals surface area contributed by atoms with E-state index in [0.717, 1.165) is 27.4 Å². The van der Waals surface area contributed by atoms with Gasteiger partial charge in [0, 0.05) is 22.7 Å². The van der Waals surface area contributed by atoms with Crippen molar-refractivity contribution >= 4 is 22.9 Å². The second-order valence-corrected chi connectivity index (χ2v) is 5.92. The van der Waals surface area contributed by atoms with Crippen LogP contribution in [0.25, 0.3) is 10.4 Å². The number of hydrogen-bond donors (Lipinski definition) is 1. The van der Waals surface area contributed by atoms with Crippen molar-refractivity contribution in [1.82, 2.24) is 4.98 Å². The van der Waals surface area contributed by atoms with Gasteiger partial charge in [0.05, 0.1) is 19.2 Å². The maximum Gasteiger partial charge on any atom is 0.228 e. The van der Waals surface area contributed by atoms with E-state index in [1.54, 1.807) is 30.8 Å². The average Bonchev–Trinajstić information content (AvgIpc) is 3.04. The van der Waals surface area contributed by atoms with Crippen molar-refractivity contribution in [3.05, 3.63) is 65.8 Å². The molecule has 0 saturated carbocycles. The number of nitrogens with zero attached hydrogens (tertiary/aromatic N) is 1. The van der Waals surface area contributed by atoms with E-state index in [2.05, 4.69) is 10.3 Å². The molecule has 0 radical (unpaired) electrons. The van der Waals surface area contributed by atoms with Crippen LogP contribution in [0.4, 0.5) is 5.69 Å². The molecular weight excluding hydrogens is 308 g/mol. The fraction of sp³-hybridized carbons (Fsp3) is 0.111. The SMILES string of the molecule is COc1ccc(CC(=O)Nc2csc(-c3ccncc3)c2)cc1. The number of anilines is 1. The molecule has 116 valence electrons. The molecule has 2 heterocycles. The highest BCUT2D eigenvalue weighted by atomic mass is 32.1. The standard InChI is InChI=1S/C18H16N2O2S/c1-22-16-4-2-13(3-5-16)10-18(21)20-15-11-17(23-12-15)14-6-8-19-9-7-14/h2-9,11-12H,10H2,1H3,(H,20,21). The van der Waals surface area contributed by atoms with Gasteiger partial charge in [-0.1, -0.05) is 12.1 Å². The Balaban J connectivity index is 1.63. The quantitative estimate of drug-likeness (QED) is 0.772. The zero-order chi connectivity index (χ0) is 16.1. The number of methoxy groups -OCH3 is 1. The van der Waals surface area contributed by atoms with Gasteiger partial charge in [0.2, 0.25) is 5.91 Å². The summed E-state index contributed by atoms with van der Waals surface area (Å²) in [4.78, 5) is 17.2. The third-order valence-electron chi connectivity index (χ3n) is 3.37. The smallest absolute Gasteiger partial charge is 0.228 e. The minimum Gasteiger partial charge on any atom is -0.497 e. The maximum absolute atomic E-state index is 12.1. The number of carbonyl (C=O) groups excluding carboxylic acids is 1. The number of hydrogen-bond acceptors (Lipinski definition) is 4. The summed E-state index contributed by atoms with van der Waals surface area (Å²) < 4.78 is 5.11. The molecule has 0 saturated heterocycles. The van der Waals surface area contributed by atoms with Gasteiger partial charge in [-0.3, -0.25) is 9.78 Å². The molecule has 0 unspecified atom stereocenters. The van der Waals surface area contributed by atoms with Crippen molar-refractivity contribution in [1.29, 1.82) is 0 Å². The maximum atomic E-state index is 12.1. The Bertz CT molecular complexity index is 782. The van der Waals surface area contributed by atoms with E-state index in [-0.39, 0.29) is 5.91 Å². The number of carbonyl (C=O) groups is 1. The Kier molecular flexibility index (Phi) is 4.68. The minimum atomic E-state index is -0.0331.